The van der Waals surface area contributed by atoms with Crippen LogP contribution in [0.2, 0.25) is 4.34 Å². The predicted molar refractivity (Wildman–Crippen MR) is 85.0 cm³/mol. The first-order valence-corrected chi connectivity index (χ1v) is 8.23. The number of benzene rings is 1. The quantitative estimate of drug-likeness (QED) is 0.696. The van der Waals surface area contributed by atoms with Crippen LogP contribution in [0.1, 0.15) is 24.3 Å². The van der Waals surface area contributed by atoms with Gasteiger partial charge in [-0.25, -0.2) is 4.39 Å². The number of ether oxygens (including phenoxy) is 1. The van der Waals surface area contributed by atoms with E-state index in [4.69, 9.17) is 22.1 Å². The van der Waals surface area contributed by atoms with Crippen molar-refractivity contribution in [1.29, 1.82) is 0 Å². The third kappa shape index (κ3) is 3.94. The number of hydrogen-bond acceptors (Lipinski definition) is 3. The lowest BCUT2D eigenvalue weighted by atomic mass is 10.1. The molecule has 1 aromatic carbocycles. The summed E-state index contributed by atoms with van der Waals surface area (Å²) in [6.45, 7) is 1.90. The van der Waals surface area contributed by atoms with Gasteiger partial charge in [-0.2, -0.15) is 4.39 Å². The second kappa shape index (κ2) is 7.05. The van der Waals surface area contributed by atoms with Gasteiger partial charge in [-0.3, -0.25) is 0 Å². The van der Waals surface area contributed by atoms with Gasteiger partial charge in [-0.05, 0) is 30.7 Å². The van der Waals surface area contributed by atoms with Crippen molar-refractivity contribution in [2.45, 2.75) is 25.5 Å². The molecule has 1 heterocycles. The molecule has 0 bridgehead atoms. The number of halogens is 4. The van der Waals surface area contributed by atoms with E-state index in [2.05, 4.69) is 15.9 Å². The standard InChI is InChI=1S/C14H13BrClF2NOS/c1-2-9(19)14(11-3-4-12(16)21-11)20-10-6-7(15)5-8(17)13(10)18/h3-6,9,14H,2,19H2,1H3. The van der Waals surface area contributed by atoms with Gasteiger partial charge in [0.1, 0.15) is 6.10 Å². The highest BCUT2D eigenvalue weighted by atomic mass is 79.9. The van der Waals surface area contributed by atoms with Gasteiger partial charge in [0.15, 0.2) is 11.6 Å². The molecule has 2 atom stereocenters. The number of thiophene rings is 1. The number of rotatable bonds is 5. The molecule has 2 rings (SSSR count). The zero-order chi connectivity index (χ0) is 15.6. The van der Waals surface area contributed by atoms with Gasteiger partial charge in [-0.1, -0.05) is 34.5 Å². The Labute approximate surface area is 139 Å². The van der Waals surface area contributed by atoms with Crippen LogP contribution in [0.5, 0.6) is 5.75 Å². The summed E-state index contributed by atoms with van der Waals surface area (Å²) in [5, 5.41) is 0. The molecule has 0 radical (unpaired) electrons. The Hall–Kier alpha value is -0.690. The number of nitrogens with two attached hydrogens (primary N) is 1. The molecule has 0 fully saturated rings. The van der Waals surface area contributed by atoms with E-state index in [1.807, 2.05) is 6.92 Å². The van der Waals surface area contributed by atoms with Crippen LogP contribution >= 0.6 is 38.9 Å². The Morgan fingerprint density at radius 3 is 2.67 bits per heavy atom. The van der Waals surface area contributed by atoms with Gasteiger partial charge < -0.3 is 10.5 Å². The molecule has 0 spiro atoms. The van der Waals surface area contributed by atoms with Crippen LogP contribution < -0.4 is 10.5 Å². The summed E-state index contributed by atoms with van der Waals surface area (Å²) in [5.41, 5.74) is 6.04. The Kier molecular flexibility index (Phi) is 5.60. The summed E-state index contributed by atoms with van der Waals surface area (Å²) in [7, 11) is 0. The Morgan fingerprint density at radius 2 is 2.10 bits per heavy atom. The van der Waals surface area contributed by atoms with Crippen molar-refractivity contribution >= 4 is 38.9 Å². The molecule has 2 aromatic rings. The summed E-state index contributed by atoms with van der Waals surface area (Å²) >= 11 is 10.3. The monoisotopic (exact) mass is 395 g/mol. The van der Waals surface area contributed by atoms with Crippen molar-refractivity contribution in [2.24, 2.45) is 5.73 Å². The lowest BCUT2D eigenvalue weighted by Crippen LogP contribution is -2.31. The predicted octanol–water partition coefficient (Wildman–Crippen LogP) is 5.30. The molecule has 0 saturated carbocycles. The molecule has 114 valence electrons. The first kappa shape index (κ1) is 16.7. The van der Waals surface area contributed by atoms with Crippen molar-refractivity contribution < 1.29 is 13.5 Å². The van der Waals surface area contributed by atoms with Crippen molar-refractivity contribution in [3.63, 3.8) is 0 Å². The van der Waals surface area contributed by atoms with Crippen LogP contribution in [0.4, 0.5) is 8.78 Å². The van der Waals surface area contributed by atoms with Crippen LogP contribution in [0.25, 0.3) is 0 Å². The molecular weight excluding hydrogens is 384 g/mol. The van der Waals surface area contributed by atoms with E-state index in [1.165, 1.54) is 17.4 Å². The van der Waals surface area contributed by atoms with Gasteiger partial charge in [0.25, 0.3) is 0 Å². The molecule has 0 saturated heterocycles. The fourth-order valence-corrected chi connectivity index (χ4v) is 3.38. The topological polar surface area (TPSA) is 35.2 Å². The first-order valence-electron chi connectivity index (χ1n) is 6.24. The molecule has 1 aromatic heterocycles. The second-order valence-electron chi connectivity index (χ2n) is 4.45. The van der Waals surface area contributed by atoms with Gasteiger partial charge in [0.2, 0.25) is 5.82 Å². The van der Waals surface area contributed by atoms with Crippen LogP contribution in [-0.2, 0) is 0 Å². The minimum atomic E-state index is -1.03. The molecule has 21 heavy (non-hydrogen) atoms. The van der Waals surface area contributed by atoms with E-state index in [-0.39, 0.29) is 11.8 Å². The van der Waals surface area contributed by atoms with E-state index in [0.29, 0.717) is 15.2 Å². The van der Waals surface area contributed by atoms with E-state index >= 15 is 0 Å². The minimum Gasteiger partial charge on any atom is -0.480 e. The van der Waals surface area contributed by atoms with Crippen LogP contribution in [0.3, 0.4) is 0 Å². The molecule has 0 aliphatic heterocycles. The SMILES string of the molecule is CCC(N)C(Oc1cc(Br)cc(F)c1F)c1ccc(Cl)s1. The van der Waals surface area contributed by atoms with E-state index in [9.17, 15) is 8.78 Å². The lowest BCUT2D eigenvalue weighted by molar-refractivity contribution is 0.165. The smallest absolute Gasteiger partial charge is 0.200 e. The summed E-state index contributed by atoms with van der Waals surface area (Å²) in [4.78, 5) is 0.772. The normalized spacial score (nSPS) is 14.0. The average Bonchev–Trinajstić information content (AvgIpc) is 2.86. The minimum absolute atomic E-state index is 0.180. The zero-order valence-electron chi connectivity index (χ0n) is 11.1. The molecular formula is C14H13BrClF2NOS. The Morgan fingerprint density at radius 1 is 1.38 bits per heavy atom. The average molecular weight is 397 g/mol. The molecule has 0 aliphatic rings. The van der Waals surface area contributed by atoms with Crippen molar-refractivity contribution in [3.05, 3.63) is 49.6 Å². The summed E-state index contributed by atoms with van der Waals surface area (Å²) < 4.78 is 33.9. The zero-order valence-corrected chi connectivity index (χ0v) is 14.2. The third-order valence-corrected chi connectivity index (χ3v) is 4.70. The van der Waals surface area contributed by atoms with Crippen LogP contribution in [-0.4, -0.2) is 6.04 Å². The molecule has 2 unspecified atom stereocenters. The lowest BCUT2D eigenvalue weighted by Gasteiger charge is -2.23. The number of hydrogen-bond donors (Lipinski definition) is 1. The fourth-order valence-electron chi connectivity index (χ4n) is 1.81. The molecule has 2 N–H and O–H groups in total. The first-order chi connectivity index (χ1) is 9.92. The highest BCUT2D eigenvalue weighted by Crippen LogP contribution is 2.35. The van der Waals surface area contributed by atoms with Crippen molar-refractivity contribution in [2.75, 3.05) is 0 Å². The Balaban J connectivity index is 2.36. The largest absolute Gasteiger partial charge is 0.480 e. The van der Waals surface area contributed by atoms with E-state index in [0.717, 1.165) is 10.9 Å². The summed E-state index contributed by atoms with van der Waals surface area (Å²) in [6, 6.07) is 5.56. The van der Waals surface area contributed by atoms with E-state index in [1.54, 1.807) is 12.1 Å². The van der Waals surface area contributed by atoms with Crippen molar-refractivity contribution in [1.82, 2.24) is 0 Å². The molecule has 2 nitrogen and oxygen atoms in total. The Bertz CT molecular complexity index is 637. The third-order valence-electron chi connectivity index (χ3n) is 2.95. The van der Waals surface area contributed by atoms with Gasteiger partial charge in [0, 0.05) is 15.4 Å². The van der Waals surface area contributed by atoms with E-state index < -0.39 is 17.7 Å². The highest BCUT2D eigenvalue weighted by molar-refractivity contribution is 9.10. The van der Waals surface area contributed by atoms with Crippen molar-refractivity contribution in [3.8, 4) is 5.75 Å². The molecule has 0 amide bonds. The van der Waals surface area contributed by atoms with Crippen LogP contribution in [0.15, 0.2) is 28.7 Å². The molecule has 0 aliphatic carbocycles. The maximum atomic E-state index is 13.8. The van der Waals surface area contributed by atoms with Gasteiger partial charge in [-0.15, -0.1) is 11.3 Å². The second-order valence-corrected chi connectivity index (χ2v) is 7.11. The summed E-state index contributed by atoms with van der Waals surface area (Å²) in [6.07, 6.45) is 0.0360. The maximum Gasteiger partial charge on any atom is 0.200 e. The highest BCUT2D eigenvalue weighted by Gasteiger charge is 2.24. The van der Waals surface area contributed by atoms with Gasteiger partial charge in [0.05, 0.1) is 4.34 Å². The van der Waals surface area contributed by atoms with Gasteiger partial charge >= 0.3 is 0 Å². The maximum absolute atomic E-state index is 13.8. The molecule has 7 heteroatoms. The summed E-state index contributed by atoms with van der Waals surface area (Å²) in [5.74, 6) is -2.19. The van der Waals surface area contributed by atoms with Crippen LogP contribution in [0, 0.1) is 11.6 Å². The fraction of sp³-hybridized carbons (Fsp3) is 0.286.